The van der Waals surface area contributed by atoms with E-state index in [-0.39, 0.29) is 30.0 Å². The van der Waals surface area contributed by atoms with Crippen molar-refractivity contribution in [3.63, 3.8) is 0 Å². The number of nitrogens with zero attached hydrogens (tertiary/aromatic N) is 3. The Labute approximate surface area is 200 Å². The zero-order chi connectivity index (χ0) is 24.9. The molecule has 2 aliphatic rings. The lowest BCUT2D eigenvalue weighted by molar-refractivity contribution is -0.136. The molecule has 0 radical (unpaired) electrons. The molecule has 0 spiro atoms. The van der Waals surface area contributed by atoms with Crippen LogP contribution in [0.15, 0.2) is 30.6 Å². The number of aromatic nitrogens is 2. The number of benzene rings is 1. The highest BCUT2D eigenvalue weighted by molar-refractivity contribution is 6.25. The van der Waals surface area contributed by atoms with Gasteiger partial charge in [-0.25, -0.2) is 9.78 Å². The Hall–Kier alpha value is -4.35. The first kappa shape index (κ1) is 23.8. The predicted molar refractivity (Wildman–Crippen MR) is 125 cm³/mol. The summed E-state index contributed by atoms with van der Waals surface area (Å²) in [7, 11) is 0. The van der Waals surface area contributed by atoms with Crippen LogP contribution >= 0.6 is 0 Å². The van der Waals surface area contributed by atoms with Crippen molar-refractivity contribution in [3.05, 3.63) is 47.4 Å². The van der Waals surface area contributed by atoms with E-state index in [9.17, 15) is 24.0 Å². The average Bonchev–Trinajstić information content (AvgIpc) is 3.08. The SMILES string of the molecule is Cc1cnc(NC(=O)NCCCCNc2cccc3c2C(=O)N(C2CCC(=O)NC2=O)C3=O)cn1. The van der Waals surface area contributed by atoms with E-state index in [2.05, 4.69) is 31.2 Å². The molecule has 4 rings (SSSR count). The number of carbonyl (C=O) groups is 5. The van der Waals surface area contributed by atoms with Crippen LogP contribution in [0, 0.1) is 6.92 Å². The van der Waals surface area contributed by atoms with Gasteiger partial charge in [-0.2, -0.15) is 0 Å². The number of anilines is 2. The predicted octanol–water partition coefficient (Wildman–Crippen LogP) is 1.20. The molecule has 182 valence electrons. The van der Waals surface area contributed by atoms with Crippen molar-refractivity contribution in [2.75, 3.05) is 23.7 Å². The van der Waals surface area contributed by atoms with Gasteiger partial charge >= 0.3 is 6.03 Å². The molecule has 1 unspecified atom stereocenters. The maximum Gasteiger partial charge on any atom is 0.320 e. The average molecular weight is 479 g/mol. The third kappa shape index (κ3) is 5.26. The van der Waals surface area contributed by atoms with Crippen LogP contribution in [-0.4, -0.2) is 63.7 Å². The summed E-state index contributed by atoms with van der Waals surface area (Å²) in [5.74, 6) is -1.80. The number of urea groups is 1. The molecular formula is C23H25N7O5. The summed E-state index contributed by atoms with van der Waals surface area (Å²) in [6, 6.07) is 3.53. The van der Waals surface area contributed by atoms with Crippen LogP contribution in [0.4, 0.5) is 16.3 Å². The molecule has 1 aromatic heterocycles. The first-order valence-corrected chi connectivity index (χ1v) is 11.3. The molecule has 4 N–H and O–H groups in total. The zero-order valence-electron chi connectivity index (χ0n) is 19.1. The third-order valence-electron chi connectivity index (χ3n) is 5.70. The summed E-state index contributed by atoms with van der Waals surface area (Å²) >= 11 is 0. The van der Waals surface area contributed by atoms with Gasteiger partial charge in [0.2, 0.25) is 11.8 Å². The molecule has 1 atom stereocenters. The summed E-state index contributed by atoms with van der Waals surface area (Å²) in [6.45, 7) is 2.74. The standard InChI is InChI=1S/C23H25N7O5/c1-13-11-27-17(12-26-13)28-23(35)25-10-3-2-9-24-15-6-4-5-14-19(15)22(34)30(21(14)33)16-7-8-18(31)29-20(16)32/h4-6,11-12,16,24H,2-3,7-10H2,1H3,(H,29,31,32)(H2,25,27,28,35). The Morgan fingerprint density at radius 3 is 2.63 bits per heavy atom. The Kier molecular flexibility index (Phi) is 6.99. The molecule has 1 aromatic carbocycles. The monoisotopic (exact) mass is 479 g/mol. The largest absolute Gasteiger partial charge is 0.384 e. The molecule has 2 aliphatic heterocycles. The fourth-order valence-electron chi connectivity index (χ4n) is 3.95. The van der Waals surface area contributed by atoms with Gasteiger partial charge in [0.15, 0.2) is 5.82 Å². The molecule has 3 heterocycles. The molecule has 6 amide bonds. The number of imide groups is 2. The molecule has 2 aromatic rings. The van der Waals surface area contributed by atoms with Gasteiger partial charge in [0.1, 0.15) is 6.04 Å². The van der Waals surface area contributed by atoms with Crippen molar-refractivity contribution in [2.24, 2.45) is 0 Å². The van der Waals surface area contributed by atoms with Gasteiger partial charge in [-0.15, -0.1) is 0 Å². The Balaban J connectivity index is 1.27. The van der Waals surface area contributed by atoms with Gasteiger partial charge < -0.3 is 10.6 Å². The van der Waals surface area contributed by atoms with Crippen LogP contribution in [0.5, 0.6) is 0 Å². The number of piperidine rings is 1. The number of amides is 6. The van der Waals surface area contributed by atoms with Gasteiger partial charge in [-0.05, 0) is 38.3 Å². The number of fused-ring (bicyclic) bond motifs is 1. The zero-order valence-corrected chi connectivity index (χ0v) is 19.1. The van der Waals surface area contributed by atoms with E-state index in [1.54, 1.807) is 31.3 Å². The van der Waals surface area contributed by atoms with Gasteiger partial charge in [-0.1, -0.05) is 6.07 Å². The van der Waals surface area contributed by atoms with Crippen molar-refractivity contribution in [2.45, 2.75) is 38.6 Å². The molecule has 12 heteroatoms. The molecule has 0 bridgehead atoms. The van der Waals surface area contributed by atoms with Crippen LogP contribution in [0.1, 0.15) is 52.1 Å². The second-order valence-electron chi connectivity index (χ2n) is 8.23. The lowest BCUT2D eigenvalue weighted by Gasteiger charge is -2.27. The second-order valence-corrected chi connectivity index (χ2v) is 8.23. The smallest absolute Gasteiger partial charge is 0.320 e. The minimum absolute atomic E-state index is 0.0688. The lowest BCUT2D eigenvalue weighted by Crippen LogP contribution is -2.54. The van der Waals surface area contributed by atoms with Crippen molar-refractivity contribution >= 4 is 41.2 Å². The Morgan fingerprint density at radius 2 is 1.89 bits per heavy atom. The molecule has 35 heavy (non-hydrogen) atoms. The highest BCUT2D eigenvalue weighted by atomic mass is 16.2. The van der Waals surface area contributed by atoms with Gasteiger partial charge in [-0.3, -0.25) is 39.7 Å². The number of carbonyl (C=O) groups excluding carboxylic acids is 5. The molecule has 0 aliphatic carbocycles. The number of unbranched alkanes of at least 4 members (excludes halogenated alkanes) is 1. The normalized spacial score (nSPS) is 17.2. The van der Waals surface area contributed by atoms with E-state index in [0.717, 1.165) is 10.6 Å². The van der Waals surface area contributed by atoms with Crippen molar-refractivity contribution in [1.29, 1.82) is 0 Å². The van der Waals surface area contributed by atoms with Gasteiger partial charge in [0.05, 0.1) is 29.2 Å². The third-order valence-corrected chi connectivity index (χ3v) is 5.70. The second kappa shape index (κ2) is 10.3. The maximum absolute atomic E-state index is 13.1. The van der Waals surface area contributed by atoms with E-state index in [1.807, 2.05) is 0 Å². The number of hydrogen-bond donors (Lipinski definition) is 4. The first-order chi connectivity index (χ1) is 16.8. The molecule has 1 fully saturated rings. The summed E-state index contributed by atoms with van der Waals surface area (Å²) in [4.78, 5) is 70.6. The summed E-state index contributed by atoms with van der Waals surface area (Å²) in [5.41, 5.74) is 1.70. The van der Waals surface area contributed by atoms with Crippen molar-refractivity contribution in [3.8, 4) is 0 Å². The highest BCUT2D eigenvalue weighted by Crippen LogP contribution is 2.32. The quantitative estimate of drug-likeness (QED) is 0.324. The highest BCUT2D eigenvalue weighted by Gasteiger charge is 2.45. The molecular weight excluding hydrogens is 454 g/mol. The van der Waals surface area contributed by atoms with Crippen LogP contribution in [0.2, 0.25) is 0 Å². The summed E-state index contributed by atoms with van der Waals surface area (Å²) < 4.78 is 0. The maximum atomic E-state index is 13.1. The van der Waals surface area contributed by atoms with Gasteiger partial charge in [0.25, 0.3) is 11.8 Å². The van der Waals surface area contributed by atoms with Crippen LogP contribution in [0.25, 0.3) is 0 Å². The molecule has 12 nitrogen and oxygen atoms in total. The fraction of sp³-hybridized carbons (Fsp3) is 0.348. The molecule has 0 saturated carbocycles. The van der Waals surface area contributed by atoms with Crippen LogP contribution in [-0.2, 0) is 9.59 Å². The van der Waals surface area contributed by atoms with Crippen LogP contribution in [0.3, 0.4) is 0 Å². The number of rotatable bonds is 8. The van der Waals surface area contributed by atoms with Gasteiger partial charge in [0, 0.05) is 25.2 Å². The summed E-state index contributed by atoms with van der Waals surface area (Å²) in [6.07, 6.45) is 4.57. The van der Waals surface area contributed by atoms with Crippen molar-refractivity contribution < 1.29 is 24.0 Å². The van der Waals surface area contributed by atoms with E-state index in [0.29, 0.717) is 37.4 Å². The number of aryl methyl sites for hydroxylation is 1. The lowest BCUT2D eigenvalue weighted by atomic mass is 10.0. The van der Waals surface area contributed by atoms with Crippen LogP contribution < -0.4 is 21.3 Å². The molecule has 1 saturated heterocycles. The van der Waals surface area contributed by atoms with Crippen molar-refractivity contribution in [1.82, 2.24) is 25.5 Å². The number of nitrogens with one attached hydrogen (secondary N) is 4. The number of hydrogen-bond acceptors (Lipinski definition) is 8. The minimum atomic E-state index is -1.00. The minimum Gasteiger partial charge on any atom is -0.384 e. The first-order valence-electron chi connectivity index (χ1n) is 11.3. The van der Waals surface area contributed by atoms with E-state index < -0.39 is 29.7 Å². The Bertz CT molecular complexity index is 1180. The van der Waals surface area contributed by atoms with E-state index in [4.69, 9.17) is 0 Å². The van der Waals surface area contributed by atoms with E-state index in [1.165, 1.54) is 6.20 Å². The Morgan fingerprint density at radius 1 is 1.09 bits per heavy atom. The van der Waals surface area contributed by atoms with E-state index >= 15 is 0 Å². The topological polar surface area (TPSA) is 162 Å². The fourth-order valence-corrected chi connectivity index (χ4v) is 3.95. The summed E-state index contributed by atoms with van der Waals surface area (Å²) in [5, 5.41) is 10.7.